The van der Waals surface area contributed by atoms with E-state index in [4.69, 9.17) is 16.3 Å². The lowest BCUT2D eigenvalue weighted by Gasteiger charge is -2.29. The van der Waals surface area contributed by atoms with Crippen molar-refractivity contribution in [2.24, 2.45) is 0 Å². The largest absolute Gasteiger partial charge is 0.379 e. The van der Waals surface area contributed by atoms with Crippen molar-refractivity contribution in [3.05, 3.63) is 59.1 Å². The highest BCUT2D eigenvalue weighted by molar-refractivity contribution is 7.22. The number of carbonyl (C=O) groups excluding carboxylic acids is 1. The van der Waals surface area contributed by atoms with Gasteiger partial charge in [-0.1, -0.05) is 41.1 Å². The third-order valence-corrected chi connectivity index (χ3v) is 5.86. The average Bonchev–Trinajstić information content (AvgIpc) is 3.12. The number of morpholine rings is 1. The summed E-state index contributed by atoms with van der Waals surface area (Å²) in [6, 6.07) is 15.0. The van der Waals surface area contributed by atoms with Gasteiger partial charge in [0.05, 0.1) is 23.4 Å². The molecule has 1 aliphatic heterocycles. The molecule has 0 atom stereocenters. The van der Waals surface area contributed by atoms with Crippen LogP contribution in [-0.4, -0.2) is 55.2 Å². The maximum atomic E-state index is 13.2. The van der Waals surface area contributed by atoms with Gasteiger partial charge < -0.3 is 4.74 Å². The van der Waals surface area contributed by atoms with Gasteiger partial charge in [-0.25, -0.2) is 4.98 Å². The summed E-state index contributed by atoms with van der Waals surface area (Å²) in [5, 5.41) is 1.38. The molecule has 0 radical (unpaired) electrons. The van der Waals surface area contributed by atoms with Gasteiger partial charge in [0.25, 0.3) is 5.91 Å². The summed E-state index contributed by atoms with van der Waals surface area (Å²) in [6.45, 7) is 4.64. The monoisotopic (exact) mass is 401 g/mol. The SMILES string of the molecule is O=C(c1ccccc1)N(CCN1CCOCC1)c1nc2ccc(Cl)cc2s1. The molecule has 0 aliphatic carbocycles. The Labute approximate surface area is 167 Å². The van der Waals surface area contributed by atoms with Gasteiger partial charge in [-0.05, 0) is 30.3 Å². The van der Waals surface area contributed by atoms with Crippen LogP contribution in [0.2, 0.25) is 5.02 Å². The van der Waals surface area contributed by atoms with Crippen molar-refractivity contribution in [2.75, 3.05) is 44.3 Å². The second-order valence-corrected chi connectivity index (χ2v) is 7.83. The van der Waals surface area contributed by atoms with E-state index >= 15 is 0 Å². The molecule has 5 nitrogen and oxygen atoms in total. The number of amides is 1. The number of aromatic nitrogens is 1. The van der Waals surface area contributed by atoms with Crippen LogP contribution in [0, 0.1) is 0 Å². The molecule has 0 saturated carbocycles. The maximum Gasteiger partial charge on any atom is 0.260 e. The lowest BCUT2D eigenvalue weighted by molar-refractivity contribution is 0.0391. The number of rotatable bonds is 5. The molecule has 1 aromatic heterocycles. The van der Waals surface area contributed by atoms with Crippen LogP contribution >= 0.6 is 22.9 Å². The van der Waals surface area contributed by atoms with Gasteiger partial charge in [-0.3, -0.25) is 14.6 Å². The van der Waals surface area contributed by atoms with Gasteiger partial charge in [0.2, 0.25) is 0 Å². The number of hydrogen-bond acceptors (Lipinski definition) is 5. The van der Waals surface area contributed by atoms with E-state index in [9.17, 15) is 4.79 Å². The number of benzene rings is 2. The van der Waals surface area contributed by atoms with E-state index in [-0.39, 0.29) is 5.91 Å². The molecule has 0 N–H and O–H groups in total. The molecule has 7 heteroatoms. The van der Waals surface area contributed by atoms with Crippen molar-refractivity contribution >= 4 is 44.2 Å². The Morgan fingerprint density at radius 3 is 2.74 bits per heavy atom. The Morgan fingerprint density at radius 2 is 1.96 bits per heavy atom. The molecule has 0 bridgehead atoms. The molecule has 1 aliphatic rings. The third kappa shape index (κ3) is 4.30. The lowest BCUT2D eigenvalue weighted by Crippen LogP contribution is -2.43. The van der Waals surface area contributed by atoms with E-state index in [1.807, 2.05) is 48.5 Å². The molecule has 1 amide bonds. The quantitative estimate of drug-likeness (QED) is 0.649. The number of anilines is 1. The van der Waals surface area contributed by atoms with Crippen molar-refractivity contribution in [2.45, 2.75) is 0 Å². The van der Waals surface area contributed by atoms with Crippen LogP contribution in [0.15, 0.2) is 48.5 Å². The maximum absolute atomic E-state index is 13.2. The van der Waals surface area contributed by atoms with E-state index in [1.54, 1.807) is 4.90 Å². The Kier molecular flexibility index (Phi) is 5.69. The number of nitrogens with zero attached hydrogens (tertiary/aromatic N) is 3. The first-order chi connectivity index (χ1) is 13.2. The second-order valence-electron chi connectivity index (χ2n) is 6.39. The summed E-state index contributed by atoms with van der Waals surface area (Å²) in [5.74, 6) is -0.0333. The highest BCUT2D eigenvalue weighted by Gasteiger charge is 2.22. The fourth-order valence-electron chi connectivity index (χ4n) is 3.09. The number of fused-ring (bicyclic) bond motifs is 1. The zero-order chi connectivity index (χ0) is 18.6. The van der Waals surface area contributed by atoms with Crippen LogP contribution in [0.1, 0.15) is 10.4 Å². The average molecular weight is 402 g/mol. The number of halogens is 1. The van der Waals surface area contributed by atoms with Crippen molar-refractivity contribution in [3.8, 4) is 0 Å². The highest BCUT2D eigenvalue weighted by atomic mass is 35.5. The van der Waals surface area contributed by atoms with Crippen LogP contribution < -0.4 is 4.90 Å². The molecule has 27 heavy (non-hydrogen) atoms. The zero-order valence-electron chi connectivity index (χ0n) is 14.8. The first kappa shape index (κ1) is 18.4. The number of hydrogen-bond donors (Lipinski definition) is 0. The van der Waals surface area contributed by atoms with Crippen LogP contribution in [0.5, 0.6) is 0 Å². The summed E-state index contributed by atoms with van der Waals surface area (Å²) in [6.07, 6.45) is 0. The van der Waals surface area contributed by atoms with E-state index in [2.05, 4.69) is 9.88 Å². The highest BCUT2D eigenvalue weighted by Crippen LogP contribution is 2.31. The van der Waals surface area contributed by atoms with Crippen molar-refractivity contribution in [1.29, 1.82) is 0 Å². The fourth-order valence-corrected chi connectivity index (χ4v) is 4.35. The van der Waals surface area contributed by atoms with E-state index in [0.29, 0.717) is 22.3 Å². The Balaban J connectivity index is 1.62. The smallest absolute Gasteiger partial charge is 0.260 e. The predicted octanol–water partition coefficient (Wildman–Crippen LogP) is 3.93. The standard InChI is InChI=1S/C20H20ClN3O2S/c21-16-6-7-17-18(14-16)27-20(22-17)24(9-8-23-10-12-26-13-11-23)19(25)15-4-2-1-3-5-15/h1-7,14H,8-13H2. The second kappa shape index (κ2) is 8.35. The topological polar surface area (TPSA) is 45.7 Å². The fraction of sp³-hybridized carbons (Fsp3) is 0.300. The van der Waals surface area contributed by atoms with Crippen LogP contribution in [0.3, 0.4) is 0 Å². The van der Waals surface area contributed by atoms with Gasteiger partial charge in [0, 0.05) is 36.8 Å². The minimum absolute atomic E-state index is 0.0333. The number of ether oxygens (including phenoxy) is 1. The van der Waals surface area contributed by atoms with Gasteiger partial charge in [-0.15, -0.1) is 0 Å². The van der Waals surface area contributed by atoms with Gasteiger partial charge in [0.1, 0.15) is 0 Å². The minimum atomic E-state index is -0.0333. The van der Waals surface area contributed by atoms with E-state index in [1.165, 1.54) is 11.3 Å². The molecule has 0 unspecified atom stereocenters. The molecule has 3 aromatic rings. The van der Waals surface area contributed by atoms with Crippen LogP contribution in [0.25, 0.3) is 10.2 Å². The molecule has 0 spiro atoms. The Hall–Kier alpha value is -1.99. The van der Waals surface area contributed by atoms with E-state index < -0.39 is 0 Å². The molecule has 2 aromatic carbocycles. The minimum Gasteiger partial charge on any atom is -0.379 e. The van der Waals surface area contributed by atoms with Crippen molar-refractivity contribution < 1.29 is 9.53 Å². The van der Waals surface area contributed by atoms with Crippen LogP contribution in [-0.2, 0) is 4.74 Å². The van der Waals surface area contributed by atoms with Crippen molar-refractivity contribution in [3.63, 3.8) is 0 Å². The van der Waals surface area contributed by atoms with Gasteiger partial charge >= 0.3 is 0 Å². The molecule has 140 valence electrons. The summed E-state index contributed by atoms with van der Waals surface area (Å²) >= 11 is 7.60. The predicted molar refractivity (Wildman–Crippen MR) is 110 cm³/mol. The summed E-state index contributed by atoms with van der Waals surface area (Å²) in [5.41, 5.74) is 1.52. The first-order valence-corrected chi connectivity index (χ1v) is 10.1. The number of thiazole rings is 1. The summed E-state index contributed by atoms with van der Waals surface area (Å²) < 4.78 is 6.40. The normalized spacial score (nSPS) is 15.1. The van der Waals surface area contributed by atoms with E-state index in [0.717, 1.165) is 43.1 Å². The number of carbonyl (C=O) groups is 1. The van der Waals surface area contributed by atoms with Gasteiger partial charge in [-0.2, -0.15) is 0 Å². The molecular weight excluding hydrogens is 382 g/mol. The first-order valence-electron chi connectivity index (χ1n) is 8.94. The molecule has 2 heterocycles. The Bertz CT molecular complexity index is 925. The van der Waals surface area contributed by atoms with Crippen LogP contribution in [0.4, 0.5) is 5.13 Å². The zero-order valence-corrected chi connectivity index (χ0v) is 16.4. The third-order valence-electron chi connectivity index (χ3n) is 4.58. The Morgan fingerprint density at radius 1 is 1.19 bits per heavy atom. The summed E-state index contributed by atoms with van der Waals surface area (Å²) in [7, 11) is 0. The molecule has 1 saturated heterocycles. The molecule has 4 rings (SSSR count). The summed E-state index contributed by atoms with van der Waals surface area (Å²) in [4.78, 5) is 22.0. The molecular formula is C20H20ClN3O2S. The van der Waals surface area contributed by atoms with Crippen molar-refractivity contribution in [1.82, 2.24) is 9.88 Å². The van der Waals surface area contributed by atoms with Gasteiger partial charge in [0.15, 0.2) is 5.13 Å². The lowest BCUT2D eigenvalue weighted by atomic mass is 10.2. The molecule has 1 fully saturated rings.